The molecule has 0 bridgehead atoms. The zero-order chi connectivity index (χ0) is 19.7. The predicted molar refractivity (Wildman–Crippen MR) is 109 cm³/mol. The molecule has 6 N–H and O–H groups in total. The lowest BCUT2D eigenvalue weighted by Gasteiger charge is -1.92. The van der Waals surface area contributed by atoms with Gasteiger partial charge in [-0.1, -0.05) is 51.4 Å². The molecule has 0 saturated carbocycles. The fraction of sp³-hybridized carbons (Fsp3) is 0.455. The molecular formula is C11H25ClO6P2S3. The number of halogens is 1. The van der Waals surface area contributed by atoms with Crippen molar-refractivity contribution in [3.8, 4) is 0 Å². The standard InChI is InChI=1S/C7H7ClS.2C2H6.2H3O3PS/c8-7-3-1-6(5-9)2-4-7;2*1-2;2*1-4(2,3)5/h1-4,9H,5H2;2*1-2H3;2*(H3,1,2,3,5). The van der Waals surface area contributed by atoms with Gasteiger partial charge in [-0.3, -0.25) is 0 Å². The number of rotatable bonds is 1. The molecule has 0 heterocycles. The summed E-state index contributed by atoms with van der Waals surface area (Å²) in [6.45, 7) is 0.389. The Labute approximate surface area is 158 Å². The van der Waals surface area contributed by atoms with Crippen LogP contribution in [0.15, 0.2) is 24.3 Å². The molecular weight excluding hydrogens is 422 g/mol. The van der Waals surface area contributed by atoms with Crippen LogP contribution in [0.2, 0.25) is 5.02 Å². The summed E-state index contributed by atoms with van der Waals surface area (Å²) in [5.41, 5.74) is 1.20. The molecule has 0 aliphatic rings. The van der Waals surface area contributed by atoms with Crippen molar-refractivity contribution >= 4 is 61.3 Å². The smallest absolute Gasteiger partial charge is 0.319 e. The van der Waals surface area contributed by atoms with Crippen LogP contribution >= 0.6 is 37.7 Å². The fourth-order valence-electron chi connectivity index (χ4n) is 0.590. The SMILES string of the molecule is CC.CC.OP(O)(O)=S.OP(O)(O)=S.SCc1ccc(Cl)cc1. The zero-order valence-electron chi connectivity index (χ0n) is 13.2. The summed E-state index contributed by atoms with van der Waals surface area (Å²) in [5, 5.41) is 0.778. The molecule has 0 radical (unpaired) electrons. The van der Waals surface area contributed by atoms with E-state index < -0.39 is 13.4 Å². The molecule has 0 unspecified atom stereocenters. The van der Waals surface area contributed by atoms with Crippen molar-refractivity contribution < 1.29 is 29.4 Å². The first kappa shape index (κ1) is 31.7. The van der Waals surface area contributed by atoms with Crippen molar-refractivity contribution in [3.05, 3.63) is 34.9 Å². The summed E-state index contributed by atoms with van der Waals surface area (Å²) < 4.78 is 0. The van der Waals surface area contributed by atoms with Crippen LogP contribution in [-0.4, -0.2) is 29.4 Å². The maximum absolute atomic E-state index is 7.56. The molecule has 0 atom stereocenters. The molecule has 6 nitrogen and oxygen atoms in total. The molecule has 0 aliphatic carbocycles. The molecule has 0 aromatic heterocycles. The Morgan fingerprint density at radius 2 is 1.04 bits per heavy atom. The van der Waals surface area contributed by atoms with E-state index in [1.54, 1.807) is 0 Å². The normalized spacial score (nSPS) is 9.39. The third-order valence-electron chi connectivity index (χ3n) is 1.10. The number of hydrogen-bond donors (Lipinski definition) is 7. The first-order valence-corrected chi connectivity index (χ1v) is 12.6. The molecule has 1 aromatic carbocycles. The Morgan fingerprint density at radius 1 is 0.826 bits per heavy atom. The van der Waals surface area contributed by atoms with E-state index in [-0.39, 0.29) is 0 Å². The van der Waals surface area contributed by atoms with Crippen LogP contribution in [0.25, 0.3) is 0 Å². The van der Waals surface area contributed by atoms with Crippen molar-refractivity contribution in [2.45, 2.75) is 33.4 Å². The molecule has 1 rings (SSSR count). The van der Waals surface area contributed by atoms with Crippen LogP contribution in [0.5, 0.6) is 0 Å². The van der Waals surface area contributed by atoms with E-state index in [0.717, 1.165) is 10.8 Å². The summed E-state index contributed by atoms with van der Waals surface area (Å²) in [5.74, 6) is 0.775. The third-order valence-corrected chi connectivity index (χ3v) is 1.71. The maximum Gasteiger partial charge on any atom is 0.319 e. The van der Waals surface area contributed by atoms with Gasteiger partial charge in [-0.05, 0) is 41.3 Å². The highest BCUT2D eigenvalue weighted by Gasteiger charge is 1.92. The molecule has 0 aliphatic heterocycles. The van der Waals surface area contributed by atoms with Crippen LogP contribution in [0.3, 0.4) is 0 Å². The average Bonchev–Trinajstić information content (AvgIpc) is 2.40. The Kier molecular flexibility index (Phi) is 26.5. The van der Waals surface area contributed by atoms with Crippen molar-refractivity contribution in [2.24, 2.45) is 0 Å². The van der Waals surface area contributed by atoms with E-state index >= 15 is 0 Å². The van der Waals surface area contributed by atoms with Crippen LogP contribution in [0.4, 0.5) is 0 Å². The number of benzene rings is 1. The topological polar surface area (TPSA) is 121 Å². The fourth-order valence-corrected chi connectivity index (χ4v) is 0.927. The van der Waals surface area contributed by atoms with Crippen LogP contribution < -0.4 is 0 Å². The Morgan fingerprint density at radius 3 is 1.22 bits per heavy atom. The Bertz CT molecular complexity index is 413. The second kappa shape index (κ2) is 19.2. The molecule has 23 heavy (non-hydrogen) atoms. The van der Waals surface area contributed by atoms with Crippen LogP contribution in [-0.2, 0) is 29.4 Å². The third kappa shape index (κ3) is 60.1. The minimum absolute atomic E-state index is 0.775. The van der Waals surface area contributed by atoms with Gasteiger partial charge in [0, 0.05) is 10.8 Å². The van der Waals surface area contributed by atoms with E-state index in [2.05, 4.69) is 36.2 Å². The minimum atomic E-state index is -3.81. The monoisotopic (exact) mass is 446 g/mol. The van der Waals surface area contributed by atoms with Crippen LogP contribution in [0, 0.1) is 0 Å². The predicted octanol–water partition coefficient (Wildman–Crippen LogP) is 3.20. The van der Waals surface area contributed by atoms with Gasteiger partial charge in [0.05, 0.1) is 0 Å². The van der Waals surface area contributed by atoms with Gasteiger partial charge in [-0.25, -0.2) is 0 Å². The molecule has 140 valence electrons. The molecule has 0 saturated heterocycles. The van der Waals surface area contributed by atoms with Gasteiger partial charge >= 0.3 is 13.4 Å². The van der Waals surface area contributed by atoms with Crippen molar-refractivity contribution in [1.82, 2.24) is 0 Å². The largest absolute Gasteiger partial charge is 0.325 e. The molecule has 0 fully saturated rings. The van der Waals surface area contributed by atoms with Gasteiger partial charge in [0.1, 0.15) is 0 Å². The highest BCUT2D eigenvalue weighted by molar-refractivity contribution is 8.06. The van der Waals surface area contributed by atoms with Gasteiger partial charge in [-0.2, -0.15) is 12.6 Å². The quantitative estimate of drug-likeness (QED) is 0.259. The summed E-state index contributed by atoms with van der Waals surface area (Å²) in [4.78, 5) is 45.3. The maximum atomic E-state index is 7.56. The molecule has 0 spiro atoms. The lowest BCUT2D eigenvalue weighted by Crippen LogP contribution is -1.73. The van der Waals surface area contributed by atoms with E-state index in [1.165, 1.54) is 5.56 Å². The second-order valence-electron chi connectivity index (χ2n) is 2.81. The summed E-state index contributed by atoms with van der Waals surface area (Å²) in [6.07, 6.45) is 0. The van der Waals surface area contributed by atoms with Crippen molar-refractivity contribution in [2.75, 3.05) is 0 Å². The van der Waals surface area contributed by atoms with Gasteiger partial charge in [0.2, 0.25) is 0 Å². The van der Waals surface area contributed by atoms with E-state index in [1.807, 2.05) is 52.0 Å². The summed E-state index contributed by atoms with van der Waals surface area (Å²) >= 11 is 17.0. The van der Waals surface area contributed by atoms with Crippen molar-refractivity contribution in [3.63, 3.8) is 0 Å². The highest BCUT2D eigenvalue weighted by Crippen LogP contribution is 2.26. The van der Waals surface area contributed by atoms with Gasteiger partial charge in [-0.15, -0.1) is 0 Å². The van der Waals surface area contributed by atoms with Crippen LogP contribution in [0.1, 0.15) is 33.3 Å². The molecule has 12 heteroatoms. The van der Waals surface area contributed by atoms with E-state index in [9.17, 15) is 0 Å². The van der Waals surface area contributed by atoms with Crippen molar-refractivity contribution in [1.29, 1.82) is 0 Å². The minimum Gasteiger partial charge on any atom is -0.325 e. The van der Waals surface area contributed by atoms with Gasteiger partial charge in [0.15, 0.2) is 0 Å². The first-order valence-electron chi connectivity index (χ1n) is 6.25. The Hall–Kier alpha value is 0.920. The van der Waals surface area contributed by atoms with Gasteiger partial charge < -0.3 is 29.4 Å². The zero-order valence-corrected chi connectivity index (χ0v) is 18.3. The van der Waals surface area contributed by atoms with Gasteiger partial charge in [0.25, 0.3) is 0 Å². The average molecular weight is 447 g/mol. The summed E-state index contributed by atoms with van der Waals surface area (Å²) in [6, 6.07) is 7.67. The number of hydrogen-bond acceptors (Lipinski definition) is 3. The lowest BCUT2D eigenvalue weighted by molar-refractivity contribution is 0.361. The molecule has 1 aromatic rings. The first-order chi connectivity index (χ1) is 10.3. The Balaban J connectivity index is -0.000000112. The second-order valence-corrected chi connectivity index (χ2v) is 8.56. The summed E-state index contributed by atoms with van der Waals surface area (Å²) in [7, 11) is 0. The van der Waals surface area contributed by atoms with E-state index in [0.29, 0.717) is 0 Å². The lowest BCUT2D eigenvalue weighted by atomic mass is 10.2. The highest BCUT2D eigenvalue weighted by atomic mass is 35.5. The molecule has 0 amide bonds. The number of thiol groups is 1. The van der Waals surface area contributed by atoms with E-state index in [4.69, 9.17) is 41.0 Å².